The minimum absolute atomic E-state index is 0.178. The van der Waals surface area contributed by atoms with Crippen LogP contribution in [0.25, 0.3) is 0 Å². The molecule has 0 aliphatic carbocycles. The molecule has 3 aromatic rings. The summed E-state index contributed by atoms with van der Waals surface area (Å²) in [6.07, 6.45) is -0.607. The standard InChI is InChI=1S/C27H31N3O6S/c28-16-21-7-4-8-23(15-21)29-27(31)26(30-37(32,33)19-25-18-34-13-14-35-25)22-9-11-24(12-10-22)36-17-20-5-2-1-3-6-20/h1-12,15,25-26,30H,13-14,16-19,28H2,(H,29,31)/t25-,26-/m1/s1. The van der Waals surface area contributed by atoms with Gasteiger partial charge in [-0.1, -0.05) is 54.6 Å². The van der Waals surface area contributed by atoms with Gasteiger partial charge < -0.3 is 25.3 Å². The summed E-state index contributed by atoms with van der Waals surface area (Å²) >= 11 is 0. The van der Waals surface area contributed by atoms with Gasteiger partial charge in [-0.15, -0.1) is 0 Å². The number of nitrogens with one attached hydrogen (secondary N) is 2. The quantitative estimate of drug-likeness (QED) is 0.351. The van der Waals surface area contributed by atoms with Gasteiger partial charge in [0.1, 0.15) is 18.4 Å². The summed E-state index contributed by atoms with van der Waals surface area (Å²) in [4.78, 5) is 13.3. The molecule has 196 valence electrons. The second kappa shape index (κ2) is 12.8. The zero-order valence-corrected chi connectivity index (χ0v) is 21.2. The molecule has 9 nitrogen and oxygen atoms in total. The molecule has 1 aliphatic heterocycles. The lowest BCUT2D eigenvalue weighted by Crippen LogP contribution is -2.43. The highest BCUT2D eigenvalue weighted by Gasteiger charge is 2.29. The zero-order chi connectivity index (χ0) is 26.1. The topological polar surface area (TPSA) is 129 Å². The number of nitrogens with two attached hydrogens (primary N) is 1. The van der Waals surface area contributed by atoms with Crippen molar-refractivity contribution < 1.29 is 27.4 Å². The molecule has 0 bridgehead atoms. The van der Waals surface area contributed by atoms with Gasteiger partial charge in [0.05, 0.1) is 31.7 Å². The largest absolute Gasteiger partial charge is 0.489 e. The number of rotatable bonds is 11. The van der Waals surface area contributed by atoms with Gasteiger partial charge >= 0.3 is 0 Å². The molecule has 1 fully saturated rings. The van der Waals surface area contributed by atoms with E-state index in [9.17, 15) is 13.2 Å². The third-order valence-corrected chi connectivity index (χ3v) is 7.15. The van der Waals surface area contributed by atoms with E-state index in [1.165, 1.54) is 0 Å². The number of hydrogen-bond acceptors (Lipinski definition) is 7. The first-order valence-electron chi connectivity index (χ1n) is 12.0. The summed E-state index contributed by atoms with van der Waals surface area (Å²) in [5, 5.41) is 2.79. The Labute approximate surface area is 217 Å². The first-order valence-corrected chi connectivity index (χ1v) is 13.6. The molecule has 10 heteroatoms. The van der Waals surface area contributed by atoms with E-state index in [4.69, 9.17) is 19.9 Å². The minimum Gasteiger partial charge on any atom is -0.489 e. The molecule has 1 heterocycles. The molecule has 2 atom stereocenters. The fourth-order valence-electron chi connectivity index (χ4n) is 3.87. The van der Waals surface area contributed by atoms with Gasteiger partial charge in [-0.25, -0.2) is 8.42 Å². The molecule has 4 N–H and O–H groups in total. The van der Waals surface area contributed by atoms with Crippen LogP contribution in [0, 0.1) is 0 Å². The van der Waals surface area contributed by atoms with Crippen LogP contribution in [-0.2, 0) is 37.4 Å². The van der Waals surface area contributed by atoms with Gasteiger partial charge in [0.2, 0.25) is 15.9 Å². The fourth-order valence-corrected chi connectivity index (χ4v) is 5.25. The maximum absolute atomic E-state index is 13.3. The first kappa shape index (κ1) is 26.8. The number of ether oxygens (including phenoxy) is 3. The first-order chi connectivity index (χ1) is 17.9. The SMILES string of the molecule is NCc1cccc(NC(=O)[C@H](NS(=O)(=O)C[C@H]2COCCO2)c2ccc(OCc3ccccc3)cc2)c1. The number of amides is 1. The Hall–Kier alpha value is -3.28. The van der Waals surface area contributed by atoms with Crippen molar-refractivity contribution >= 4 is 21.6 Å². The lowest BCUT2D eigenvalue weighted by Gasteiger charge is -2.24. The molecule has 0 saturated carbocycles. The predicted octanol–water partition coefficient (Wildman–Crippen LogP) is 2.74. The van der Waals surface area contributed by atoms with E-state index in [0.29, 0.717) is 43.4 Å². The van der Waals surface area contributed by atoms with Crippen molar-refractivity contribution in [3.63, 3.8) is 0 Å². The van der Waals surface area contributed by atoms with Gasteiger partial charge in [-0.2, -0.15) is 4.72 Å². The van der Waals surface area contributed by atoms with E-state index in [-0.39, 0.29) is 12.4 Å². The number of sulfonamides is 1. The number of hydrogen-bond donors (Lipinski definition) is 3. The zero-order valence-electron chi connectivity index (χ0n) is 20.3. The highest BCUT2D eigenvalue weighted by molar-refractivity contribution is 7.89. The third-order valence-electron chi connectivity index (χ3n) is 5.74. The normalized spacial score (nSPS) is 16.6. The van der Waals surface area contributed by atoms with Crippen LogP contribution in [0.15, 0.2) is 78.9 Å². The molecule has 0 unspecified atom stereocenters. The molecule has 3 aromatic carbocycles. The van der Waals surface area contributed by atoms with Crippen molar-refractivity contribution in [1.29, 1.82) is 0 Å². The van der Waals surface area contributed by atoms with Crippen LogP contribution < -0.4 is 20.5 Å². The molecule has 37 heavy (non-hydrogen) atoms. The third kappa shape index (κ3) is 8.11. The maximum atomic E-state index is 13.3. The van der Waals surface area contributed by atoms with E-state index in [1.807, 2.05) is 36.4 Å². The molecule has 4 rings (SSSR count). The molecular formula is C27H31N3O6S. The van der Waals surface area contributed by atoms with E-state index in [0.717, 1.165) is 11.1 Å². The van der Waals surface area contributed by atoms with E-state index >= 15 is 0 Å². The summed E-state index contributed by atoms with van der Waals surface area (Å²) < 4.78 is 45.2. The Morgan fingerprint density at radius 1 is 1.00 bits per heavy atom. The van der Waals surface area contributed by atoms with E-state index < -0.39 is 28.1 Å². The Morgan fingerprint density at radius 3 is 2.46 bits per heavy atom. The van der Waals surface area contributed by atoms with Crippen molar-refractivity contribution in [2.24, 2.45) is 5.73 Å². The summed E-state index contributed by atoms with van der Waals surface area (Å²) in [7, 11) is -3.90. The van der Waals surface area contributed by atoms with Crippen LogP contribution in [0.2, 0.25) is 0 Å². The van der Waals surface area contributed by atoms with E-state index in [1.54, 1.807) is 42.5 Å². The molecule has 1 aliphatic rings. The summed E-state index contributed by atoms with van der Waals surface area (Å²) in [5.41, 5.74) is 8.55. The lowest BCUT2D eigenvalue weighted by molar-refractivity contribution is -0.117. The second-order valence-electron chi connectivity index (χ2n) is 8.64. The monoisotopic (exact) mass is 525 g/mol. The Morgan fingerprint density at radius 2 is 1.76 bits per heavy atom. The minimum atomic E-state index is -3.90. The number of carbonyl (C=O) groups excluding carboxylic acids is 1. The molecule has 0 radical (unpaired) electrons. The van der Waals surface area contributed by atoms with Crippen molar-refractivity contribution in [1.82, 2.24) is 4.72 Å². The number of benzene rings is 3. The van der Waals surface area contributed by atoms with Crippen molar-refractivity contribution in [2.75, 3.05) is 30.9 Å². The molecule has 0 spiro atoms. The van der Waals surface area contributed by atoms with Crippen LogP contribution in [0.5, 0.6) is 5.75 Å². The fraction of sp³-hybridized carbons (Fsp3) is 0.296. The van der Waals surface area contributed by atoms with Crippen LogP contribution in [0.3, 0.4) is 0 Å². The Bertz CT molecular complexity index is 1260. The maximum Gasteiger partial charge on any atom is 0.247 e. The lowest BCUT2D eigenvalue weighted by atomic mass is 10.1. The number of carbonyl (C=O) groups is 1. The second-order valence-corrected chi connectivity index (χ2v) is 10.4. The summed E-state index contributed by atoms with van der Waals surface area (Å²) in [6.45, 7) is 1.63. The van der Waals surface area contributed by atoms with Gasteiger partial charge in [-0.05, 0) is 41.0 Å². The summed E-state index contributed by atoms with van der Waals surface area (Å²) in [5.74, 6) is -0.257. The average molecular weight is 526 g/mol. The van der Waals surface area contributed by atoms with Crippen molar-refractivity contribution in [3.8, 4) is 5.75 Å². The van der Waals surface area contributed by atoms with Gasteiger partial charge in [0.25, 0.3) is 0 Å². The molecule has 1 saturated heterocycles. The van der Waals surface area contributed by atoms with Crippen molar-refractivity contribution in [2.45, 2.75) is 25.3 Å². The predicted molar refractivity (Wildman–Crippen MR) is 140 cm³/mol. The van der Waals surface area contributed by atoms with Crippen LogP contribution in [-0.4, -0.2) is 46.0 Å². The van der Waals surface area contributed by atoms with Gasteiger partial charge in [0.15, 0.2) is 0 Å². The van der Waals surface area contributed by atoms with Crippen molar-refractivity contribution in [3.05, 3.63) is 95.6 Å². The van der Waals surface area contributed by atoms with Gasteiger partial charge in [-0.3, -0.25) is 4.79 Å². The van der Waals surface area contributed by atoms with Crippen LogP contribution in [0.1, 0.15) is 22.7 Å². The summed E-state index contributed by atoms with van der Waals surface area (Å²) in [6, 6.07) is 22.4. The van der Waals surface area contributed by atoms with E-state index in [2.05, 4.69) is 10.0 Å². The smallest absolute Gasteiger partial charge is 0.247 e. The molecular weight excluding hydrogens is 494 g/mol. The molecule has 1 amide bonds. The highest BCUT2D eigenvalue weighted by atomic mass is 32.2. The van der Waals surface area contributed by atoms with Crippen LogP contribution in [0.4, 0.5) is 5.69 Å². The highest BCUT2D eigenvalue weighted by Crippen LogP contribution is 2.22. The molecule has 0 aromatic heterocycles. The number of anilines is 1. The Kier molecular flexibility index (Phi) is 9.26. The van der Waals surface area contributed by atoms with Crippen LogP contribution >= 0.6 is 0 Å². The average Bonchev–Trinajstić information content (AvgIpc) is 2.92. The van der Waals surface area contributed by atoms with Gasteiger partial charge in [0, 0.05) is 12.2 Å². The Balaban J connectivity index is 1.51.